The van der Waals surface area contributed by atoms with Crippen LogP contribution in [0.4, 0.5) is 0 Å². The molecular formula is C15H20IN3S. The third-order valence-corrected chi connectivity index (χ3v) is 5.33. The van der Waals surface area contributed by atoms with Crippen LogP contribution in [-0.4, -0.2) is 34.6 Å². The summed E-state index contributed by atoms with van der Waals surface area (Å²) in [5.74, 6) is 0.849. The summed E-state index contributed by atoms with van der Waals surface area (Å²) in [5, 5.41) is 0. The molecule has 0 atom stereocenters. The summed E-state index contributed by atoms with van der Waals surface area (Å²) in [6, 6.07) is 6.49. The average Bonchev–Trinajstić information content (AvgIpc) is 2.73. The van der Waals surface area contributed by atoms with Crippen molar-refractivity contribution in [2.75, 3.05) is 20.1 Å². The fourth-order valence-corrected chi connectivity index (χ4v) is 3.81. The van der Waals surface area contributed by atoms with Crippen LogP contribution in [0.1, 0.15) is 19.3 Å². The molecule has 1 aromatic heterocycles. The summed E-state index contributed by atoms with van der Waals surface area (Å²) in [6.07, 6.45) is 3.88. The first-order chi connectivity index (χ1) is 9.63. The first-order valence-electron chi connectivity index (χ1n) is 7.20. The lowest BCUT2D eigenvalue weighted by molar-refractivity contribution is 0.208. The van der Waals surface area contributed by atoms with E-state index in [0.717, 1.165) is 22.8 Å². The third-order valence-electron chi connectivity index (χ3n) is 4.34. The molecule has 0 aliphatic carbocycles. The molecule has 0 bridgehead atoms. The average molecular weight is 401 g/mol. The van der Waals surface area contributed by atoms with Crippen LogP contribution in [0.25, 0.3) is 11.0 Å². The number of rotatable bonds is 3. The maximum atomic E-state index is 5.48. The monoisotopic (exact) mass is 401 g/mol. The molecule has 1 fully saturated rings. The van der Waals surface area contributed by atoms with E-state index in [1.807, 2.05) is 0 Å². The Morgan fingerprint density at radius 3 is 2.85 bits per heavy atom. The van der Waals surface area contributed by atoms with Gasteiger partial charge in [0.1, 0.15) is 0 Å². The second kappa shape index (κ2) is 6.15. The van der Waals surface area contributed by atoms with E-state index in [4.69, 9.17) is 12.2 Å². The summed E-state index contributed by atoms with van der Waals surface area (Å²) >= 11 is 7.82. The highest BCUT2D eigenvalue weighted by Crippen LogP contribution is 2.23. The van der Waals surface area contributed by atoms with Crippen molar-refractivity contribution in [3.8, 4) is 0 Å². The van der Waals surface area contributed by atoms with E-state index in [1.165, 1.54) is 41.4 Å². The largest absolute Gasteiger partial charge is 0.331 e. The standard InChI is InChI=1S/C15H20IN3S/c1-18-7-4-11(5-8-18)6-9-19-14-3-2-12(16)10-13(14)17-15(19)20/h2-3,10-11H,4-9H2,1H3,(H,17,20). The Morgan fingerprint density at radius 2 is 2.10 bits per heavy atom. The minimum Gasteiger partial charge on any atom is -0.331 e. The highest BCUT2D eigenvalue weighted by atomic mass is 127. The lowest BCUT2D eigenvalue weighted by Gasteiger charge is -2.28. The van der Waals surface area contributed by atoms with Gasteiger partial charge in [0.15, 0.2) is 4.77 Å². The van der Waals surface area contributed by atoms with Crippen molar-refractivity contribution in [2.24, 2.45) is 5.92 Å². The number of likely N-dealkylation sites (tertiary alicyclic amines) is 1. The van der Waals surface area contributed by atoms with E-state index in [2.05, 4.69) is 62.3 Å². The molecule has 108 valence electrons. The molecule has 1 aliphatic heterocycles. The molecule has 5 heteroatoms. The summed E-state index contributed by atoms with van der Waals surface area (Å²) < 4.78 is 4.36. The van der Waals surface area contributed by atoms with Crippen molar-refractivity contribution in [1.82, 2.24) is 14.5 Å². The summed E-state index contributed by atoms with van der Waals surface area (Å²) in [6.45, 7) is 3.51. The molecule has 3 nitrogen and oxygen atoms in total. The second-order valence-electron chi connectivity index (χ2n) is 5.78. The van der Waals surface area contributed by atoms with Gasteiger partial charge in [-0.15, -0.1) is 0 Å². The topological polar surface area (TPSA) is 24.0 Å². The van der Waals surface area contributed by atoms with Crippen molar-refractivity contribution in [2.45, 2.75) is 25.8 Å². The number of aryl methyl sites for hydroxylation is 1. The molecule has 1 aliphatic rings. The Balaban J connectivity index is 1.74. The zero-order valence-electron chi connectivity index (χ0n) is 11.7. The fourth-order valence-electron chi connectivity index (χ4n) is 3.02. The zero-order valence-corrected chi connectivity index (χ0v) is 14.7. The van der Waals surface area contributed by atoms with Crippen LogP contribution < -0.4 is 0 Å². The number of benzene rings is 1. The molecular weight excluding hydrogens is 381 g/mol. The van der Waals surface area contributed by atoms with Gasteiger partial charge < -0.3 is 14.5 Å². The van der Waals surface area contributed by atoms with Gasteiger partial charge in [0.25, 0.3) is 0 Å². The number of piperidine rings is 1. The highest BCUT2D eigenvalue weighted by Gasteiger charge is 2.17. The maximum absolute atomic E-state index is 5.48. The molecule has 2 heterocycles. The van der Waals surface area contributed by atoms with Crippen molar-refractivity contribution in [1.29, 1.82) is 0 Å². The number of nitrogens with zero attached hydrogens (tertiary/aromatic N) is 2. The SMILES string of the molecule is CN1CCC(CCn2c(=S)[nH]c3cc(I)ccc32)CC1. The lowest BCUT2D eigenvalue weighted by Crippen LogP contribution is -2.30. The van der Waals surface area contributed by atoms with Gasteiger partial charge in [0.05, 0.1) is 11.0 Å². The van der Waals surface area contributed by atoms with E-state index in [9.17, 15) is 0 Å². The minimum absolute atomic E-state index is 0.849. The number of fused-ring (bicyclic) bond motifs is 1. The Labute approximate surface area is 138 Å². The van der Waals surface area contributed by atoms with E-state index >= 15 is 0 Å². The van der Waals surface area contributed by atoms with Crippen LogP contribution in [0.3, 0.4) is 0 Å². The molecule has 0 saturated carbocycles. The number of imidazole rings is 1. The number of nitrogens with one attached hydrogen (secondary N) is 1. The molecule has 2 aromatic rings. The van der Waals surface area contributed by atoms with E-state index < -0.39 is 0 Å². The lowest BCUT2D eigenvalue weighted by atomic mass is 9.94. The Hall–Kier alpha value is -0.400. The van der Waals surface area contributed by atoms with Gasteiger partial charge in [0.2, 0.25) is 0 Å². The van der Waals surface area contributed by atoms with Crippen molar-refractivity contribution in [3.05, 3.63) is 26.5 Å². The van der Waals surface area contributed by atoms with E-state index in [1.54, 1.807) is 0 Å². The van der Waals surface area contributed by atoms with Gasteiger partial charge in [-0.05, 0) is 98.3 Å². The first kappa shape index (κ1) is 14.5. The predicted molar refractivity (Wildman–Crippen MR) is 94.7 cm³/mol. The first-order valence-corrected chi connectivity index (χ1v) is 8.69. The van der Waals surface area contributed by atoms with Gasteiger partial charge in [0, 0.05) is 10.1 Å². The Kier molecular flexibility index (Phi) is 4.47. The van der Waals surface area contributed by atoms with Gasteiger partial charge in [-0.2, -0.15) is 0 Å². The predicted octanol–water partition coefficient (Wildman–Crippen LogP) is 4.04. The van der Waals surface area contributed by atoms with Crippen molar-refractivity contribution in [3.63, 3.8) is 0 Å². The van der Waals surface area contributed by atoms with Gasteiger partial charge >= 0.3 is 0 Å². The fraction of sp³-hybridized carbons (Fsp3) is 0.533. The molecule has 0 amide bonds. The van der Waals surface area contributed by atoms with Crippen LogP contribution in [0.15, 0.2) is 18.2 Å². The number of hydrogen-bond acceptors (Lipinski definition) is 2. The number of aromatic nitrogens is 2. The number of hydrogen-bond donors (Lipinski definition) is 1. The quantitative estimate of drug-likeness (QED) is 0.620. The summed E-state index contributed by atoms with van der Waals surface area (Å²) in [7, 11) is 2.22. The van der Waals surface area contributed by atoms with Gasteiger partial charge in [-0.3, -0.25) is 0 Å². The maximum Gasteiger partial charge on any atom is 0.178 e. The normalized spacial score (nSPS) is 17.9. The van der Waals surface area contributed by atoms with Crippen LogP contribution in [0, 0.1) is 14.3 Å². The number of H-pyrrole nitrogens is 1. The molecule has 1 N–H and O–H groups in total. The van der Waals surface area contributed by atoms with E-state index in [-0.39, 0.29) is 0 Å². The van der Waals surface area contributed by atoms with Gasteiger partial charge in [-0.1, -0.05) is 0 Å². The molecule has 0 spiro atoms. The zero-order chi connectivity index (χ0) is 14.1. The van der Waals surface area contributed by atoms with Crippen LogP contribution in [0.5, 0.6) is 0 Å². The smallest absolute Gasteiger partial charge is 0.178 e. The van der Waals surface area contributed by atoms with Crippen molar-refractivity contribution >= 4 is 45.8 Å². The van der Waals surface area contributed by atoms with Crippen molar-refractivity contribution < 1.29 is 0 Å². The number of halogens is 1. The number of aromatic amines is 1. The third kappa shape index (κ3) is 3.09. The van der Waals surface area contributed by atoms with Crippen LogP contribution >= 0.6 is 34.8 Å². The van der Waals surface area contributed by atoms with Crippen LogP contribution in [-0.2, 0) is 6.54 Å². The molecule has 0 unspecified atom stereocenters. The highest BCUT2D eigenvalue weighted by molar-refractivity contribution is 14.1. The summed E-state index contributed by atoms with van der Waals surface area (Å²) in [5.41, 5.74) is 2.40. The Morgan fingerprint density at radius 1 is 1.35 bits per heavy atom. The molecule has 3 rings (SSSR count). The van der Waals surface area contributed by atoms with Crippen LogP contribution in [0.2, 0.25) is 0 Å². The molecule has 1 saturated heterocycles. The van der Waals surface area contributed by atoms with E-state index in [0.29, 0.717) is 0 Å². The second-order valence-corrected chi connectivity index (χ2v) is 7.41. The molecule has 1 aromatic carbocycles. The van der Waals surface area contributed by atoms with Gasteiger partial charge in [-0.25, -0.2) is 0 Å². The summed E-state index contributed by atoms with van der Waals surface area (Å²) in [4.78, 5) is 5.75. The molecule has 0 radical (unpaired) electrons. The Bertz CT molecular complexity index is 653. The minimum atomic E-state index is 0.849. The molecule has 20 heavy (non-hydrogen) atoms.